The standard InChI is InChI=1S/C18H37N/c1-8-12-15(5)16-14-18(11-4,17(16,6)10-3)19(7)13-9-2/h15-16H,8-14H2,1-7H3. The van der Waals surface area contributed by atoms with E-state index in [2.05, 4.69) is 53.5 Å². The maximum absolute atomic E-state index is 2.69. The molecule has 0 aromatic heterocycles. The molecule has 1 aliphatic rings. The van der Waals surface area contributed by atoms with Crippen molar-refractivity contribution in [3.8, 4) is 0 Å². The van der Waals surface area contributed by atoms with Gasteiger partial charge >= 0.3 is 0 Å². The van der Waals surface area contributed by atoms with Crippen LogP contribution in [0.4, 0.5) is 0 Å². The van der Waals surface area contributed by atoms with Gasteiger partial charge in [-0.15, -0.1) is 0 Å². The van der Waals surface area contributed by atoms with Crippen molar-refractivity contribution in [3.63, 3.8) is 0 Å². The molecule has 0 spiro atoms. The normalized spacial score (nSPS) is 36.3. The van der Waals surface area contributed by atoms with Crippen LogP contribution in [0.3, 0.4) is 0 Å². The van der Waals surface area contributed by atoms with Gasteiger partial charge in [-0.2, -0.15) is 0 Å². The second-order valence-electron chi connectivity index (χ2n) is 7.15. The highest BCUT2D eigenvalue weighted by molar-refractivity contribution is 5.15. The molecule has 4 unspecified atom stereocenters. The summed E-state index contributed by atoms with van der Waals surface area (Å²) in [5.74, 6) is 1.82. The molecule has 0 saturated heterocycles. The molecule has 1 heteroatoms. The molecule has 19 heavy (non-hydrogen) atoms. The van der Waals surface area contributed by atoms with Crippen LogP contribution in [0.5, 0.6) is 0 Å². The van der Waals surface area contributed by atoms with Crippen molar-refractivity contribution >= 4 is 0 Å². The van der Waals surface area contributed by atoms with Gasteiger partial charge in [-0.25, -0.2) is 0 Å². The van der Waals surface area contributed by atoms with Gasteiger partial charge in [0.15, 0.2) is 0 Å². The van der Waals surface area contributed by atoms with Gasteiger partial charge in [0.05, 0.1) is 0 Å². The van der Waals surface area contributed by atoms with E-state index in [1.807, 2.05) is 0 Å². The highest BCUT2D eigenvalue weighted by Crippen LogP contribution is 2.63. The van der Waals surface area contributed by atoms with Crippen molar-refractivity contribution in [2.45, 2.75) is 85.6 Å². The second kappa shape index (κ2) is 6.61. The molecule has 1 nitrogen and oxygen atoms in total. The third kappa shape index (κ3) is 2.60. The topological polar surface area (TPSA) is 3.24 Å². The van der Waals surface area contributed by atoms with Crippen LogP contribution in [0.1, 0.15) is 80.1 Å². The van der Waals surface area contributed by atoms with Gasteiger partial charge in [-0.1, -0.05) is 54.4 Å². The molecule has 0 aliphatic heterocycles. The quantitative estimate of drug-likeness (QED) is 0.573. The van der Waals surface area contributed by atoms with Gasteiger partial charge < -0.3 is 4.90 Å². The average Bonchev–Trinajstić information content (AvgIpc) is 2.38. The van der Waals surface area contributed by atoms with Crippen molar-refractivity contribution in [3.05, 3.63) is 0 Å². The van der Waals surface area contributed by atoms with Crippen LogP contribution < -0.4 is 0 Å². The summed E-state index contributed by atoms with van der Waals surface area (Å²) in [5.41, 5.74) is 0.977. The van der Waals surface area contributed by atoms with E-state index >= 15 is 0 Å². The molecule has 4 atom stereocenters. The Morgan fingerprint density at radius 3 is 2.16 bits per heavy atom. The number of nitrogens with zero attached hydrogens (tertiary/aromatic N) is 1. The molecule has 0 radical (unpaired) electrons. The van der Waals surface area contributed by atoms with Crippen molar-refractivity contribution < 1.29 is 0 Å². The van der Waals surface area contributed by atoms with Crippen LogP contribution in [0.25, 0.3) is 0 Å². The van der Waals surface area contributed by atoms with E-state index in [0.29, 0.717) is 11.0 Å². The lowest BCUT2D eigenvalue weighted by molar-refractivity contribution is -0.176. The predicted octanol–water partition coefficient (Wildman–Crippen LogP) is 5.35. The van der Waals surface area contributed by atoms with E-state index in [9.17, 15) is 0 Å². The van der Waals surface area contributed by atoms with Crippen LogP contribution >= 0.6 is 0 Å². The van der Waals surface area contributed by atoms with Gasteiger partial charge in [-0.3, -0.25) is 0 Å². The summed E-state index contributed by atoms with van der Waals surface area (Å²) >= 11 is 0. The van der Waals surface area contributed by atoms with E-state index in [1.165, 1.54) is 45.1 Å². The molecular formula is C18H37N. The molecule has 0 aromatic carbocycles. The minimum absolute atomic E-state index is 0.463. The fraction of sp³-hybridized carbons (Fsp3) is 1.00. The lowest BCUT2D eigenvalue weighted by Crippen LogP contribution is -2.70. The summed E-state index contributed by atoms with van der Waals surface area (Å²) in [6.07, 6.45) is 8.06. The Bertz CT molecular complexity index is 275. The molecule has 0 amide bonds. The molecule has 1 rings (SSSR count). The Balaban J connectivity index is 2.92. The zero-order valence-corrected chi connectivity index (χ0v) is 14.6. The van der Waals surface area contributed by atoms with E-state index in [4.69, 9.17) is 0 Å². The molecule has 0 bridgehead atoms. The largest absolute Gasteiger partial charge is 0.300 e. The lowest BCUT2D eigenvalue weighted by atomic mass is 9.43. The second-order valence-corrected chi connectivity index (χ2v) is 7.15. The average molecular weight is 268 g/mol. The van der Waals surface area contributed by atoms with Crippen LogP contribution in [-0.2, 0) is 0 Å². The van der Waals surface area contributed by atoms with Gasteiger partial charge in [0, 0.05) is 5.54 Å². The lowest BCUT2D eigenvalue weighted by Gasteiger charge is -2.68. The molecule has 1 aliphatic carbocycles. The first-order valence-electron chi connectivity index (χ1n) is 8.64. The van der Waals surface area contributed by atoms with E-state index in [0.717, 1.165) is 11.8 Å². The number of hydrogen-bond donors (Lipinski definition) is 0. The Labute approximate surface area is 122 Å². The maximum Gasteiger partial charge on any atom is 0.0263 e. The van der Waals surface area contributed by atoms with Crippen molar-refractivity contribution in [1.82, 2.24) is 4.90 Å². The van der Waals surface area contributed by atoms with Crippen LogP contribution in [0.2, 0.25) is 0 Å². The molecular weight excluding hydrogens is 230 g/mol. The maximum atomic E-state index is 2.69. The summed E-state index contributed by atoms with van der Waals surface area (Å²) in [6, 6.07) is 0. The van der Waals surface area contributed by atoms with Gasteiger partial charge in [-0.05, 0) is 56.5 Å². The van der Waals surface area contributed by atoms with E-state index in [1.54, 1.807) is 0 Å². The van der Waals surface area contributed by atoms with Crippen molar-refractivity contribution in [2.24, 2.45) is 17.3 Å². The SMILES string of the molecule is CCCC(C)C1CC(CC)(N(C)CCC)C1(C)CC. The van der Waals surface area contributed by atoms with Crippen LogP contribution in [0.15, 0.2) is 0 Å². The fourth-order valence-electron chi connectivity index (χ4n) is 5.07. The number of hydrogen-bond acceptors (Lipinski definition) is 1. The predicted molar refractivity (Wildman–Crippen MR) is 86.5 cm³/mol. The summed E-state index contributed by atoms with van der Waals surface area (Å²) in [5, 5.41) is 0. The molecule has 0 heterocycles. The Kier molecular flexibility index (Phi) is 5.92. The first-order chi connectivity index (χ1) is 8.93. The molecule has 0 N–H and O–H groups in total. The molecule has 114 valence electrons. The summed E-state index contributed by atoms with van der Waals surface area (Å²) < 4.78 is 0. The smallest absolute Gasteiger partial charge is 0.0263 e. The summed E-state index contributed by atoms with van der Waals surface area (Å²) in [4.78, 5) is 2.69. The van der Waals surface area contributed by atoms with Gasteiger partial charge in [0.2, 0.25) is 0 Å². The zero-order chi connectivity index (χ0) is 14.7. The third-order valence-corrected chi connectivity index (χ3v) is 6.48. The zero-order valence-electron chi connectivity index (χ0n) is 14.6. The molecule has 1 fully saturated rings. The van der Waals surface area contributed by atoms with E-state index < -0.39 is 0 Å². The van der Waals surface area contributed by atoms with E-state index in [-0.39, 0.29) is 0 Å². The summed E-state index contributed by atoms with van der Waals surface area (Å²) in [7, 11) is 2.36. The van der Waals surface area contributed by atoms with Crippen molar-refractivity contribution in [2.75, 3.05) is 13.6 Å². The Hall–Kier alpha value is -0.0400. The van der Waals surface area contributed by atoms with Crippen LogP contribution in [-0.4, -0.2) is 24.0 Å². The third-order valence-electron chi connectivity index (χ3n) is 6.48. The fourth-order valence-corrected chi connectivity index (χ4v) is 5.07. The first-order valence-corrected chi connectivity index (χ1v) is 8.64. The first kappa shape index (κ1) is 17.0. The van der Waals surface area contributed by atoms with Crippen LogP contribution in [0, 0.1) is 17.3 Å². The number of rotatable bonds is 8. The minimum atomic E-state index is 0.463. The monoisotopic (exact) mass is 267 g/mol. The Morgan fingerprint density at radius 1 is 1.11 bits per heavy atom. The Morgan fingerprint density at radius 2 is 1.74 bits per heavy atom. The van der Waals surface area contributed by atoms with Gasteiger partial charge in [0.1, 0.15) is 0 Å². The minimum Gasteiger partial charge on any atom is -0.300 e. The van der Waals surface area contributed by atoms with Gasteiger partial charge in [0.25, 0.3) is 0 Å². The molecule has 0 aromatic rings. The highest BCUT2D eigenvalue weighted by atomic mass is 15.2. The van der Waals surface area contributed by atoms with Crippen molar-refractivity contribution in [1.29, 1.82) is 0 Å². The highest BCUT2D eigenvalue weighted by Gasteiger charge is 2.62. The summed E-state index contributed by atoms with van der Waals surface area (Å²) in [6.45, 7) is 15.8. The molecule has 1 saturated carbocycles.